The highest BCUT2D eigenvalue weighted by Crippen LogP contribution is 2.24. The number of rotatable bonds is 7. The normalized spacial score (nSPS) is 12.3. The number of carbonyl (C=O) groups excluding carboxylic acids is 1. The zero-order valence-corrected chi connectivity index (χ0v) is 14.0. The van der Waals surface area contributed by atoms with Gasteiger partial charge in [0.2, 0.25) is 0 Å². The molecule has 0 saturated heterocycles. The van der Waals surface area contributed by atoms with Crippen LogP contribution in [0, 0.1) is 0 Å². The van der Waals surface area contributed by atoms with E-state index in [9.17, 15) is 25.2 Å². The lowest BCUT2D eigenvalue weighted by Gasteiger charge is -2.40. The highest BCUT2D eigenvalue weighted by molar-refractivity contribution is 5.94. The van der Waals surface area contributed by atoms with Crippen LogP contribution in [0.3, 0.4) is 0 Å². The summed E-state index contributed by atoms with van der Waals surface area (Å²) in [6, 6.07) is 7.04. The van der Waals surface area contributed by atoms with Crippen LogP contribution < -0.4 is 0 Å². The van der Waals surface area contributed by atoms with Gasteiger partial charge in [-0.1, -0.05) is 32.9 Å². The van der Waals surface area contributed by atoms with Crippen molar-refractivity contribution in [3.63, 3.8) is 0 Å². The average Bonchev–Trinajstić information content (AvgIpc) is 2.54. The van der Waals surface area contributed by atoms with E-state index in [-0.39, 0.29) is 18.6 Å². The summed E-state index contributed by atoms with van der Waals surface area (Å²) in [5, 5.41) is 37.8. The number of β-amino-alcohol motifs (C(OH)–C–C–N with tert-alkyl or cyclic N) is 1. The largest absolute Gasteiger partial charge is 0.395 e. The Hall–Kier alpha value is -1.47. The van der Waals surface area contributed by atoms with Crippen LogP contribution in [0.25, 0.3) is 0 Å². The molecule has 6 nitrogen and oxygen atoms in total. The highest BCUT2D eigenvalue weighted by atomic mass is 16.3. The van der Waals surface area contributed by atoms with Crippen molar-refractivity contribution in [3.8, 4) is 0 Å². The van der Waals surface area contributed by atoms with Crippen LogP contribution in [-0.2, 0) is 5.41 Å². The third-order valence-electron chi connectivity index (χ3n) is 4.02. The number of aliphatic hydroxyl groups is 4. The standard InChI is InChI=1S/C17H27NO5/c1-16(2,3)14-6-4-13(5-7-14)15(23)18(8-9-19)17(10-20,11-21)12-22/h4-7,19-22H,8-12H2,1-3H3. The van der Waals surface area contributed by atoms with Crippen LogP contribution in [0.15, 0.2) is 24.3 Å². The third kappa shape index (κ3) is 4.29. The number of hydrogen-bond acceptors (Lipinski definition) is 5. The summed E-state index contributed by atoms with van der Waals surface area (Å²) < 4.78 is 0. The molecular formula is C17H27NO5. The van der Waals surface area contributed by atoms with E-state index in [4.69, 9.17) is 0 Å². The predicted octanol–water partition coefficient (Wildman–Crippen LogP) is 0.134. The van der Waals surface area contributed by atoms with Crippen molar-refractivity contribution in [2.75, 3.05) is 33.0 Å². The lowest BCUT2D eigenvalue weighted by Crippen LogP contribution is -2.60. The van der Waals surface area contributed by atoms with E-state index >= 15 is 0 Å². The summed E-state index contributed by atoms with van der Waals surface area (Å²) in [5.74, 6) is -0.461. The average molecular weight is 325 g/mol. The summed E-state index contributed by atoms with van der Waals surface area (Å²) in [4.78, 5) is 13.8. The molecule has 0 aliphatic heterocycles. The first-order valence-electron chi connectivity index (χ1n) is 7.61. The monoisotopic (exact) mass is 325 g/mol. The molecule has 0 atom stereocenters. The number of aliphatic hydroxyl groups excluding tert-OH is 4. The van der Waals surface area contributed by atoms with Gasteiger partial charge in [-0.15, -0.1) is 0 Å². The second-order valence-corrected chi connectivity index (χ2v) is 6.71. The Labute approximate surface area is 137 Å². The maximum atomic E-state index is 12.7. The van der Waals surface area contributed by atoms with E-state index in [1.165, 1.54) is 0 Å². The Morgan fingerprint density at radius 3 is 1.78 bits per heavy atom. The van der Waals surface area contributed by atoms with Gasteiger partial charge in [0, 0.05) is 12.1 Å². The van der Waals surface area contributed by atoms with Gasteiger partial charge in [-0.3, -0.25) is 4.79 Å². The van der Waals surface area contributed by atoms with Gasteiger partial charge in [-0.2, -0.15) is 0 Å². The van der Waals surface area contributed by atoms with Gasteiger partial charge in [0.15, 0.2) is 0 Å². The first kappa shape index (κ1) is 19.6. The molecule has 0 fully saturated rings. The lowest BCUT2D eigenvalue weighted by molar-refractivity contribution is -0.0395. The van der Waals surface area contributed by atoms with E-state index in [0.717, 1.165) is 10.5 Å². The van der Waals surface area contributed by atoms with E-state index in [1.54, 1.807) is 12.1 Å². The molecule has 0 unspecified atom stereocenters. The molecule has 0 aromatic heterocycles. The Bertz CT molecular complexity index is 494. The molecule has 1 amide bonds. The fourth-order valence-electron chi connectivity index (χ4n) is 2.33. The van der Waals surface area contributed by atoms with Gasteiger partial charge in [-0.25, -0.2) is 0 Å². The van der Waals surface area contributed by atoms with Crippen LogP contribution in [-0.4, -0.2) is 69.7 Å². The Morgan fingerprint density at radius 1 is 0.957 bits per heavy atom. The molecule has 0 saturated carbocycles. The fourth-order valence-corrected chi connectivity index (χ4v) is 2.33. The predicted molar refractivity (Wildman–Crippen MR) is 87.3 cm³/mol. The van der Waals surface area contributed by atoms with Crippen LogP contribution >= 0.6 is 0 Å². The van der Waals surface area contributed by atoms with E-state index < -0.39 is 31.3 Å². The van der Waals surface area contributed by atoms with Crippen LogP contribution in [0.1, 0.15) is 36.7 Å². The van der Waals surface area contributed by atoms with Crippen molar-refractivity contribution < 1.29 is 25.2 Å². The maximum Gasteiger partial charge on any atom is 0.254 e. The molecule has 23 heavy (non-hydrogen) atoms. The van der Waals surface area contributed by atoms with Gasteiger partial charge in [0.25, 0.3) is 5.91 Å². The second-order valence-electron chi connectivity index (χ2n) is 6.71. The van der Waals surface area contributed by atoms with Crippen molar-refractivity contribution in [1.29, 1.82) is 0 Å². The minimum Gasteiger partial charge on any atom is -0.395 e. The van der Waals surface area contributed by atoms with Crippen molar-refractivity contribution in [2.24, 2.45) is 0 Å². The number of benzene rings is 1. The highest BCUT2D eigenvalue weighted by Gasteiger charge is 2.38. The van der Waals surface area contributed by atoms with E-state index in [2.05, 4.69) is 20.8 Å². The second kappa shape index (κ2) is 7.88. The first-order valence-corrected chi connectivity index (χ1v) is 7.61. The summed E-state index contributed by atoms with van der Waals surface area (Å²) in [7, 11) is 0. The molecule has 0 bridgehead atoms. The van der Waals surface area contributed by atoms with Crippen LogP contribution in [0.4, 0.5) is 0 Å². The van der Waals surface area contributed by atoms with Gasteiger partial charge >= 0.3 is 0 Å². The molecule has 0 heterocycles. The van der Waals surface area contributed by atoms with Crippen molar-refractivity contribution in [3.05, 3.63) is 35.4 Å². The third-order valence-corrected chi connectivity index (χ3v) is 4.02. The van der Waals surface area contributed by atoms with Crippen LogP contribution in [0.2, 0.25) is 0 Å². The Morgan fingerprint density at radius 2 is 1.43 bits per heavy atom. The molecule has 4 N–H and O–H groups in total. The maximum absolute atomic E-state index is 12.7. The molecule has 1 aromatic rings. The summed E-state index contributed by atoms with van der Waals surface area (Å²) >= 11 is 0. The Balaban J connectivity index is 3.16. The summed E-state index contributed by atoms with van der Waals surface area (Å²) in [5.41, 5.74) is -0.119. The van der Waals surface area contributed by atoms with E-state index in [0.29, 0.717) is 5.56 Å². The van der Waals surface area contributed by atoms with Crippen molar-refractivity contribution in [1.82, 2.24) is 4.90 Å². The zero-order chi connectivity index (χ0) is 17.7. The molecule has 1 rings (SSSR count). The summed E-state index contributed by atoms with van der Waals surface area (Å²) in [6.45, 7) is 3.95. The molecule has 0 radical (unpaired) electrons. The minimum absolute atomic E-state index is 0.0442. The first-order chi connectivity index (χ1) is 10.8. The molecule has 0 aliphatic rings. The molecular weight excluding hydrogens is 298 g/mol. The zero-order valence-electron chi connectivity index (χ0n) is 14.0. The van der Waals surface area contributed by atoms with Crippen LogP contribution in [0.5, 0.6) is 0 Å². The molecule has 6 heteroatoms. The molecule has 0 spiro atoms. The molecule has 0 aliphatic carbocycles. The van der Waals surface area contributed by atoms with E-state index in [1.807, 2.05) is 12.1 Å². The summed E-state index contributed by atoms with van der Waals surface area (Å²) in [6.07, 6.45) is 0. The quantitative estimate of drug-likeness (QED) is 0.571. The number of nitrogens with zero attached hydrogens (tertiary/aromatic N) is 1. The molecule has 1 aromatic carbocycles. The van der Waals surface area contributed by atoms with Gasteiger partial charge in [-0.05, 0) is 23.1 Å². The minimum atomic E-state index is -1.51. The number of carbonyl (C=O) groups is 1. The van der Waals surface area contributed by atoms with Gasteiger partial charge < -0.3 is 25.3 Å². The molecule has 130 valence electrons. The number of hydrogen-bond donors (Lipinski definition) is 4. The lowest BCUT2D eigenvalue weighted by atomic mass is 9.86. The van der Waals surface area contributed by atoms with Gasteiger partial charge in [0.1, 0.15) is 5.54 Å². The van der Waals surface area contributed by atoms with Gasteiger partial charge in [0.05, 0.1) is 26.4 Å². The SMILES string of the molecule is CC(C)(C)c1ccc(C(=O)N(CCO)C(CO)(CO)CO)cc1. The Kier molecular flexibility index (Phi) is 6.70. The fraction of sp³-hybridized carbons (Fsp3) is 0.588. The topological polar surface area (TPSA) is 101 Å². The van der Waals surface area contributed by atoms with Crippen molar-refractivity contribution >= 4 is 5.91 Å². The van der Waals surface area contributed by atoms with Crippen molar-refractivity contribution in [2.45, 2.75) is 31.7 Å². The number of amides is 1. The smallest absolute Gasteiger partial charge is 0.254 e.